The van der Waals surface area contributed by atoms with Gasteiger partial charge >= 0.3 is 0 Å². The van der Waals surface area contributed by atoms with Crippen LogP contribution < -0.4 is 0 Å². The number of hydrogen-bond acceptors (Lipinski definition) is 0. The standard InChI is InChI=1S/C24H50.C18H38/c1-3-5-7-9-11-13-15-17-19-21-23-24-22-20-18-16-14-12-10-8-6-4-2;1-3-5-7-9-11-13-15-17-18-16-14-12-10-8-6-4-2/h3-24H2,1-2H3;3-18H2,1-2H3. The second kappa shape index (κ2) is 45.4. The molecule has 0 unspecified atom stereocenters. The van der Waals surface area contributed by atoms with Gasteiger partial charge in [-0.3, -0.25) is 0 Å². The van der Waals surface area contributed by atoms with E-state index in [0.717, 1.165) is 0 Å². The Balaban J connectivity index is 0. The van der Waals surface area contributed by atoms with Gasteiger partial charge in [0.05, 0.1) is 0 Å². The minimum absolute atomic E-state index is 1.37. The summed E-state index contributed by atoms with van der Waals surface area (Å²) in [5, 5.41) is 0. The van der Waals surface area contributed by atoms with E-state index < -0.39 is 0 Å². The molecule has 0 radical (unpaired) electrons. The van der Waals surface area contributed by atoms with Crippen molar-refractivity contribution in [1.82, 2.24) is 0 Å². The van der Waals surface area contributed by atoms with E-state index in [1.807, 2.05) is 0 Å². The third-order valence-corrected chi connectivity index (χ3v) is 9.41. The third-order valence-electron chi connectivity index (χ3n) is 9.41. The van der Waals surface area contributed by atoms with Crippen LogP contribution in [0.4, 0.5) is 0 Å². The molecule has 0 amide bonds. The molecule has 0 aliphatic heterocycles. The van der Waals surface area contributed by atoms with Crippen LogP contribution in [0.5, 0.6) is 0 Å². The van der Waals surface area contributed by atoms with Crippen molar-refractivity contribution in [2.75, 3.05) is 0 Å². The highest BCUT2D eigenvalue weighted by Gasteiger charge is 1.96. The minimum atomic E-state index is 1.37. The number of hydrogen-bond donors (Lipinski definition) is 0. The van der Waals surface area contributed by atoms with Gasteiger partial charge in [-0.05, 0) is 0 Å². The average Bonchev–Trinajstić information content (AvgIpc) is 3.00. The van der Waals surface area contributed by atoms with Gasteiger partial charge in [-0.15, -0.1) is 0 Å². The van der Waals surface area contributed by atoms with Crippen molar-refractivity contribution < 1.29 is 0 Å². The van der Waals surface area contributed by atoms with E-state index in [0.29, 0.717) is 0 Å². The molecule has 0 heterocycles. The summed E-state index contributed by atoms with van der Waals surface area (Å²) in [6.45, 7) is 9.19. The van der Waals surface area contributed by atoms with E-state index in [-0.39, 0.29) is 0 Å². The second-order valence-corrected chi connectivity index (χ2v) is 14.0. The van der Waals surface area contributed by atoms with Crippen LogP contribution in [0.15, 0.2) is 0 Å². The average molecular weight is 593 g/mol. The molecule has 0 aliphatic carbocycles. The van der Waals surface area contributed by atoms with Crippen molar-refractivity contribution in [3.63, 3.8) is 0 Å². The molecule has 0 spiro atoms. The highest BCUT2D eigenvalue weighted by molar-refractivity contribution is 4.52. The normalized spacial score (nSPS) is 11.1. The van der Waals surface area contributed by atoms with Gasteiger partial charge in [0.15, 0.2) is 0 Å². The van der Waals surface area contributed by atoms with E-state index in [4.69, 9.17) is 0 Å². The first-order valence-electron chi connectivity index (χ1n) is 20.8. The predicted octanol–water partition coefficient (Wildman–Crippen LogP) is 16.9. The van der Waals surface area contributed by atoms with E-state index >= 15 is 0 Å². The van der Waals surface area contributed by atoms with Crippen LogP contribution in [0, 0.1) is 0 Å². The molecule has 0 saturated carbocycles. The molecule has 0 aromatic heterocycles. The maximum absolute atomic E-state index is 2.30. The first-order valence-corrected chi connectivity index (χ1v) is 20.8. The molecule has 0 aliphatic rings. The zero-order chi connectivity index (χ0) is 30.9. The Labute approximate surface area is 271 Å². The molecule has 0 fully saturated rings. The van der Waals surface area contributed by atoms with Crippen molar-refractivity contribution in [1.29, 1.82) is 0 Å². The van der Waals surface area contributed by atoms with Crippen LogP contribution in [0.1, 0.15) is 272 Å². The van der Waals surface area contributed by atoms with Crippen molar-refractivity contribution in [3.8, 4) is 0 Å². The molecule has 0 heteroatoms. The lowest BCUT2D eigenvalue weighted by Crippen LogP contribution is -1.84. The van der Waals surface area contributed by atoms with Crippen LogP contribution in [-0.2, 0) is 0 Å². The molecule has 0 saturated heterocycles. The van der Waals surface area contributed by atoms with Gasteiger partial charge in [-0.25, -0.2) is 0 Å². The van der Waals surface area contributed by atoms with Crippen molar-refractivity contribution in [2.45, 2.75) is 272 Å². The van der Waals surface area contributed by atoms with E-state index in [2.05, 4.69) is 27.7 Å². The van der Waals surface area contributed by atoms with Crippen LogP contribution in [0.2, 0.25) is 0 Å². The van der Waals surface area contributed by atoms with E-state index in [1.54, 1.807) is 0 Å². The maximum Gasteiger partial charge on any atom is -0.0533 e. The van der Waals surface area contributed by atoms with Crippen molar-refractivity contribution >= 4 is 0 Å². The quantitative estimate of drug-likeness (QED) is 0.0635. The fraction of sp³-hybridized carbons (Fsp3) is 1.00. The molecule has 0 aromatic rings. The fourth-order valence-corrected chi connectivity index (χ4v) is 6.30. The summed E-state index contributed by atoms with van der Waals surface area (Å²) in [6, 6.07) is 0. The topological polar surface area (TPSA) is 0 Å². The largest absolute Gasteiger partial charge is 0.0654 e. The monoisotopic (exact) mass is 593 g/mol. The maximum atomic E-state index is 2.30. The first-order chi connectivity index (χ1) is 20.8. The molecule has 42 heavy (non-hydrogen) atoms. The summed E-state index contributed by atoms with van der Waals surface area (Å²) in [5.41, 5.74) is 0. The molecule has 0 N–H and O–H groups in total. The van der Waals surface area contributed by atoms with Crippen LogP contribution >= 0.6 is 0 Å². The highest BCUT2D eigenvalue weighted by Crippen LogP contribution is 2.16. The summed E-state index contributed by atoms with van der Waals surface area (Å²) in [7, 11) is 0. The van der Waals surface area contributed by atoms with Crippen LogP contribution in [0.25, 0.3) is 0 Å². The fourth-order valence-electron chi connectivity index (χ4n) is 6.30. The smallest absolute Gasteiger partial charge is 0.0533 e. The van der Waals surface area contributed by atoms with E-state index in [1.165, 1.54) is 244 Å². The van der Waals surface area contributed by atoms with Gasteiger partial charge in [0.1, 0.15) is 0 Å². The molecular formula is C42H88. The third kappa shape index (κ3) is 46.9. The lowest BCUT2D eigenvalue weighted by Gasteiger charge is -2.04. The van der Waals surface area contributed by atoms with Gasteiger partial charge in [-0.1, -0.05) is 272 Å². The summed E-state index contributed by atoms with van der Waals surface area (Å²) in [4.78, 5) is 0. The number of rotatable bonds is 36. The Morgan fingerprint density at radius 3 is 0.262 bits per heavy atom. The van der Waals surface area contributed by atoms with Gasteiger partial charge in [0, 0.05) is 0 Å². The lowest BCUT2D eigenvalue weighted by molar-refractivity contribution is 0.520. The van der Waals surface area contributed by atoms with E-state index in [9.17, 15) is 0 Å². The molecule has 0 aromatic carbocycles. The SMILES string of the molecule is CCCCCCCCCCCCCCCCCC.CCCCCCCCCCCCCCCCCCCCCCCC. The summed E-state index contributed by atoms with van der Waals surface area (Å²) in [5.74, 6) is 0. The number of unbranched alkanes of at least 4 members (excludes halogenated alkanes) is 36. The summed E-state index contributed by atoms with van der Waals surface area (Å²) >= 11 is 0. The Morgan fingerprint density at radius 1 is 0.119 bits per heavy atom. The Hall–Kier alpha value is 0. The van der Waals surface area contributed by atoms with Crippen LogP contribution in [0.3, 0.4) is 0 Å². The molecule has 0 rings (SSSR count). The van der Waals surface area contributed by atoms with Crippen LogP contribution in [-0.4, -0.2) is 0 Å². The summed E-state index contributed by atoms with van der Waals surface area (Å²) < 4.78 is 0. The minimum Gasteiger partial charge on any atom is -0.0654 e. The molecule has 0 nitrogen and oxygen atoms in total. The zero-order valence-electron chi connectivity index (χ0n) is 30.9. The first kappa shape index (κ1) is 44.1. The Kier molecular flexibility index (Phi) is 47.7. The molecular weight excluding hydrogens is 504 g/mol. The van der Waals surface area contributed by atoms with Gasteiger partial charge in [-0.2, -0.15) is 0 Å². The zero-order valence-corrected chi connectivity index (χ0v) is 30.9. The Bertz CT molecular complexity index is 361. The summed E-state index contributed by atoms with van der Waals surface area (Å²) in [6.07, 6.45) is 55.8. The van der Waals surface area contributed by atoms with Gasteiger partial charge in [0.25, 0.3) is 0 Å². The van der Waals surface area contributed by atoms with Crippen molar-refractivity contribution in [2.24, 2.45) is 0 Å². The van der Waals surface area contributed by atoms with Crippen molar-refractivity contribution in [3.05, 3.63) is 0 Å². The highest BCUT2D eigenvalue weighted by atomic mass is 14.0. The molecule has 0 atom stereocenters. The Morgan fingerprint density at radius 2 is 0.190 bits per heavy atom. The van der Waals surface area contributed by atoms with Gasteiger partial charge < -0.3 is 0 Å². The second-order valence-electron chi connectivity index (χ2n) is 14.0. The molecule has 256 valence electrons. The van der Waals surface area contributed by atoms with Gasteiger partial charge in [0.2, 0.25) is 0 Å². The lowest BCUT2D eigenvalue weighted by atomic mass is 10.0. The molecule has 0 bridgehead atoms. The predicted molar refractivity (Wildman–Crippen MR) is 198 cm³/mol.